The van der Waals surface area contributed by atoms with E-state index in [0.29, 0.717) is 43.5 Å². The van der Waals surface area contributed by atoms with Crippen LogP contribution in [-0.4, -0.2) is 25.7 Å². The van der Waals surface area contributed by atoms with E-state index in [4.69, 9.17) is 9.47 Å². The standard InChI is InChI=1S/C26H24F6O2/c1-2-16-10-21(16)18-13-33-25(34-14-18)6-4-15-3-5-19(22(27)9-15)17-11-23(28)20(24(29)12-17)7-8-26(30,31)32/h3,5,9,11-12,16,18,21,25H,2,4,6,10,13-14H2,1H3. The van der Waals surface area contributed by atoms with E-state index in [1.807, 2.05) is 0 Å². The minimum atomic E-state index is -4.88. The summed E-state index contributed by atoms with van der Waals surface area (Å²) >= 11 is 0. The zero-order valence-corrected chi connectivity index (χ0v) is 18.5. The minimum Gasteiger partial charge on any atom is -0.352 e. The number of rotatable bonds is 6. The van der Waals surface area contributed by atoms with Crippen molar-refractivity contribution < 1.29 is 35.8 Å². The van der Waals surface area contributed by atoms with Crippen LogP contribution in [0.3, 0.4) is 0 Å². The molecule has 8 heteroatoms. The summed E-state index contributed by atoms with van der Waals surface area (Å²) < 4.78 is 91.4. The largest absolute Gasteiger partial charge is 0.458 e. The summed E-state index contributed by atoms with van der Waals surface area (Å²) in [4.78, 5) is 0. The quantitative estimate of drug-likeness (QED) is 0.339. The first kappa shape index (κ1) is 24.6. The van der Waals surface area contributed by atoms with Crippen LogP contribution in [-0.2, 0) is 15.9 Å². The Morgan fingerprint density at radius 2 is 1.65 bits per heavy atom. The van der Waals surface area contributed by atoms with Gasteiger partial charge in [-0.3, -0.25) is 0 Å². The van der Waals surface area contributed by atoms with Crippen LogP contribution in [0.1, 0.15) is 37.3 Å². The Bertz CT molecular complexity index is 1070. The number of ether oxygens (including phenoxy) is 2. The summed E-state index contributed by atoms with van der Waals surface area (Å²) in [5.74, 6) is 0.889. The van der Waals surface area contributed by atoms with E-state index in [-0.39, 0.29) is 17.4 Å². The fourth-order valence-corrected chi connectivity index (χ4v) is 4.50. The molecule has 1 heterocycles. The topological polar surface area (TPSA) is 18.5 Å². The van der Waals surface area contributed by atoms with Gasteiger partial charge in [0.05, 0.1) is 18.8 Å². The molecule has 2 aromatic rings. The third-order valence-electron chi connectivity index (χ3n) is 6.48. The lowest BCUT2D eigenvalue weighted by Crippen LogP contribution is -2.33. The molecule has 0 aromatic heterocycles. The molecule has 2 aliphatic rings. The molecular formula is C26H24F6O2. The second-order valence-electron chi connectivity index (χ2n) is 8.84. The van der Waals surface area contributed by atoms with Crippen molar-refractivity contribution in [1.29, 1.82) is 0 Å². The van der Waals surface area contributed by atoms with Gasteiger partial charge < -0.3 is 9.47 Å². The molecule has 2 fully saturated rings. The molecule has 0 radical (unpaired) electrons. The number of aryl methyl sites for hydroxylation is 1. The third-order valence-corrected chi connectivity index (χ3v) is 6.48. The molecule has 1 aliphatic carbocycles. The SMILES string of the molecule is CCC1CC1C1COC(CCc2ccc(-c3cc(F)c(C#CC(F)(F)F)c(F)c3)c(F)c2)OC1. The lowest BCUT2D eigenvalue weighted by Gasteiger charge is -2.30. The molecule has 0 N–H and O–H groups in total. The number of alkyl halides is 3. The fraction of sp³-hybridized carbons (Fsp3) is 0.462. The lowest BCUT2D eigenvalue weighted by atomic mass is 9.99. The maximum atomic E-state index is 14.7. The second-order valence-corrected chi connectivity index (χ2v) is 8.84. The molecule has 182 valence electrons. The van der Waals surface area contributed by atoms with Crippen LogP contribution in [0, 0.1) is 47.0 Å². The van der Waals surface area contributed by atoms with Crippen LogP contribution >= 0.6 is 0 Å². The smallest absolute Gasteiger partial charge is 0.352 e. The Morgan fingerprint density at radius 3 is 2.21 bits per heavy atom. The number of halogens is 6. The number of benzene rings is 2. The molecule has 0 spiro atoms. The maximum absolute atomic E-state index is 14.7. The molecule has 2 atom stereocenters. The highest BCUT2D eigenvalue weighted by atomic mass is 19.4. The van der Waals surface area contributed by atoms with E-state index in [1.165, 1.54) is 30.9 Å². The Balaban J connectivity index is 1.37. The average molecular weight is 482 g/mol. The van der Waals surface area contributed by atoms with Crippen molar-refractivity contribution >= 4 is 0 Å². The molecule has 34 heavy (non-hydrogen) atoms. The van der Waals surface area contributed by atoms with E-state index < -0.39 is 29.2 Å². The van der Waals surface area contributed by atoms with Crippen LogP contribution in [0.2, 0.25) is 0 Å². The fourth-order valence-electron chi connectivity index (χ4n) is 4.50. The third kappa shape index (κ3) is 5.94. The monoisotopic (exact) mass is 482 g/mol. The molecule has 1 aliphatic heterocycles. The normalized spacial score (nSPS) is 24.4. The van der Waals surface area contributed by atoms with Crippen molar-refractivity contribution in [3.8, 4) is 23.0 Å². The lowest BCUT2D eigenvalue weighted by molar-refractivity contribution is -0.206. The van der Waals surface area contributed by atoms with Crippen molar-refractivity contribution in [1.82, 2.24) is 0 Å². The average Bonchev–Trinajstić information content (AvgIpc) is 3.57. The Kier molecular flexibility index (Phi) is 7.25. The first-order valence-corrected chi connectivity index (χ1v) is 11.3. The van der Waals surface area contributed by atoms with Gasteiger partial charge in [-0.1, -0.05) is 31.4 Å². The van der Waals surface area contributed by atoms with Gasteiger partial charge in [-0.2, -0.15) is 13.2 Å². The zero-order valence-electron chi connectivity index (χ0n) is 18.5. The summed E-state index contributed by atoms with van der Waals surface area (Å²) in [6, 6.07) is 5.82. The molecule has 2 nitrogen and oxygen atoms in total. The first-order chi connectivity index (χ1) is 16.1. The predicted octanol–water partition coefficient (Wildman–Crippen LogP) is 6.65. The van der Waals surface area contributed by atoms with Crippen LogP contribution in [0.25, 0.3) is 11.1 Å². The van der Waals surface area contributed by atoms with Gasteiger partial charge in [-0.15, -0.1) is 0 Å². The van der Waals surface area contributed by atoms with Gasteiger partial charge in [0.1, 0.15) is 17.5 Å². The highest BCUT2D eigenvalue weighted by Crippen LogP contribution is 2.47. The molecular weight excluding hydrogens is 458 g/mol. The van der Waals surface area contributed by atoms with Crippen LogP contribution in [0.5, 0.6) is 0 Å². The summed E-state index contributed by atoms with van der Waals surface area (Å²) in [5.41, 5.74) is -0.552. The van der Waals surface area contributed by atoms with Gasteiger partial charge in [0.2, 0.25) is 0 Å². The molecule has 0 bridgehead atoms. The summed E-state index contributed by atoms with van der Waals surface area (Å²) in [7, 11) is 0. The van der Waals surface area contributed by atoms with Crippen LogP contribution in [0.4, 0.5) is 26.3 Å². The van der Waals surface area contributed by atoms with Gasteiger partial charge in [0.15, 0.2) is 6.29 Å². The second kappa shape index (κ2) is 10.0. The molecule has 1 saturated heterocycles. The van der Waals surface area contributed by atoms with Crippen molar-refractivity contribution in [2.75, 3.05) is 13.2 Å². The maximum Gasteiger partial charge on any atom is 0.458 e. The van der Waals surface area contributed by atoms with Crippen molar-refractivity contribution in [2.24, 2.45) is 17.8 Å². The van der Waals surface area contributed by atoms with Gasteiger partial charge in [0.25, 0.3) is 0 Å². The number of hydrogen-bond donors (Lipinski definition) is 0. The van der Waals surface area contributed by atoms with Gasteiger partial charge in [-0.05, 0) is 54.0 Å². The minimum absolute atomic E-state index is 0.0696. The van der Waals surface area contributed by atoms with Crippen LogP contribution in [0.15, 0.2) is 30.3 Å². The van der Waals surface area contributed by atoms with E-state index in [9.17, 15) is 26.3 Å². The van der Waals surface area contributed by atoms with Crippen molar-refractivity contribution in [2.45, 2.75) is 45.1 Å². The Morgan fingerprint density at radius 1 is 0.971 bits per heavy atom. The Hall–Kier alpha value is -2.50. The summed E-state index contributed by atoms with van der Waals surface area (Å²) in [6.07, 6.45) is -1.79. The van der Waals surface area contributed by atoms with Gasteiger partial charge in [0, 0.05) is 23.8 Å². The highest BCUT2D eigenvalue weighted by Gasteiger charge is 2.43. The molecule has 4 rings (SSSR count). The first-order valence-electron chi connectivity index (χ1n) is 11.3. The van der Waals surface area contributed by atoms with E-state index in [2.05, 4.69) is 6.92 Å². The van der Waals surface area contributed by atoms with E-state index in [0.717, 1.165) is 24.0 Å². The van der Waals surface area contributed by atoms with E-state index in [1.54, 1.807) is 6.07 Å². The van der Waals surface area contributed by atoms with E-state index >= 15 is 0 Å². The molecule has 1 saturated carbocycles. The van der Waals surface area contributed by atoms with Gasteiger partial charge in [-0.25, -0.2) is 13.2 Å². The molecule has 2 aromatic carbocycles. The highest BCUT2D eigenvalue weighted by molar-refractivity contribution is 5.66. The number of hydrogen-bond acceptors (Lipinski definition) is 2. The predicted molar refractivity (Wildman–Crippen MR) is 114 cm³/mol. The van der Waals surface area contributed by atoms with Crippen molar-refractivity contribution in [3.05, 3.63) is 58.9 Å². The molecule has 2 unspecified atom stereocenters. The summed E-state index contributed by atoms with van der Waals surface area (Å²) in [6.45, 7) is 3.52. The van der Waals surface area contributed by atoms with Crippen LogP contribution < -0.4 is 0 Å². The molecule has 0 amide bonds. The van der Waals surface area contributed by atoms with Crippen molar-refractivity contribution in [3.63, 3.8) is 0 Å². The van der Waals surface area contributed by atoms with Gasteiger partial charge >= 0.3 is 6.18 Å². The zero-order chi connectivity index (χ0) is 24.5. The Labute approximate surface area is 194 Å². The summed E-state index contributed by atoms with van der Waals surface area (Å²) in [5, 5.41) is 0.